The van der Waals surface area contributed by atoms with Crippen molar-refractivity contribution in [3.8, 4) is 5.69 Å². The highest BCUT2D eigenvalue weighted by Crippen LogP contribution is 2.29. The molecule has 0 amide bonds. The molecule has 0 radical (unpaired) electrons. The second-order valence-corrected chi connectivity index (χ2v) is 6.87. The van der Waals surface area contributed by atoms with Crippen LogP contribution in [0.25, 0.3) is 5.69 Å². The summed E-state index contributed by atoms with van der Waals surface area (Å²) in [6.07, 6.45) is 4.34. The van der Waals surface area contributed by atoms with Crippen LogP contribution in [0.5, 0.6) is 0 Å². The fraction of sp³-hybridized carbons (Fsp3) is 0.273. The summed E-state index contributed by atoms with van der Waals surface area (Å²) < 4.78 is 8.21. The van der Waals surface area contributed by atoms with Crippen LogP contribution in [0, 0.1) is 13.8 Å². The molecule has 0 saturated carbocycles. The summed E-state index contributed by atoms with van der Waals surface area (Å²) in [7, 11) is 0. The van der Waals surface area contributed by atoms with Gasteiger partial charge in [0, 0.05) is 36.7 Å². The van der Waals surface area contributed by atoms with Gasteiger partial charge in [-0.15, -0.1) is 0 Å². The molecule has 3 nitrogen and oxygen atoms in total. The molecule has 1 aliphatic heterocycles. The van der Waals surface area contributed by atoms with E-state index in [1.165, 1.54) is 27.9 Å². The van der Waals surface area contributed by atoms with Crippen molar-refractivity contribution in [2.45, 2.75) is 26.6 Å². The topological polar surface area (TPSA) is 17.4 Å². The van der Waals surface area contributed by atoms with Crippen LogP contribution in [0.2, 0.25) is 0 Å². The minimum Gasteiger partial charge on any atom is -0.357 e. The Balaban J connectivity index is 1.53. The van der Waals surface area contributed by atoms with Gasteiger partial charge in [-0.1, -0.05) is 42.0 Å². The maximum absolute atomic E-state index is 6.03. The monoisotopic (exact) mass is 332 g/mol. The molecule has 1 fully saturated rings. The van der Waals surface area contributed by atoms with Gasteiger partial charge < -0.3 is 9.30 Å². The first-order valence-corrected chi connectivity index (χ1v) is 8.85. The van der Waals surface area contributed by atoms with Crippen LogP contribution in [0.15, 0.2) is 67.0 Å². The summed E-state index contributed by atoms with van der Waals surface area (Å²) >= 11 is 0. The fourth-order valence-electron chi connectivity index (χ4n) is 3.41. The molecular weight excluding hydrogens is 308 g/mol. The summed E-state index contributed by atoms with van der Waals surface area (Å²) in [6.45, 7) is 6.91. The predicted octanol–water partition coefficient (Wildman–Crippen LogP) is 4.63. The largest absolute Gasteiger partial charge is 0.357 e. The highest BCUT2D eigenvalue weighted by atomic mass is 16.5. The van der Waals surface area contributed by atoms with Gasteiger partial charge in [-0.2, -0.15) is 0 Å². The van der Waals surface area contributed by atoms with Crippen molar-refractivity contribution in [3.05, 3.63) is 89.2 Å². The minimum atomic E-state index is 0.0346. The second-order valence-electron chi connectivity index (χ2n) is 6.87. The van der Waals surface area contributed by atoms with Crippen molar-refractivity contribution in [2.75, 3.05) is 13.2 Å². The number of ether oxygens (including phenoxy) is 1. The van der Waals surface area contributed by atoms with Crippen molar-refractivity contribution in [3.63, 3.8) is 0 Å². The van der Waals surface area contributed by atoms with Crippen LogP contribution < -0.4 is 0 Å². The van der Waals surface area contributed by atoms with E-state index < -0.39 is 0 Å². The van der Waals surface area contributed by atoms with Crippen LogP contribution >= 0.6 is 0 Å². The van der Waals surface area contributed by atoms with Crippen molar-refractivity contribution < 1.29 is 4.74 Å². The van der Waals surface area contributed by atoms with Gasteiger partial charge in [-0.05, 0) is 43.2 Å². The number of aromatic nitrogens is 1. The Bertz CT molecular complexity index is 850. The van der Waals surface area contributed by atoms with Crippen LogP contribution in [-0.4, -0.2) is 22.6 Å². The third kappa shape index (κ3) is 3.53. The summed E-state index contributed by atoms with van der Waals surface area (Å²) in [5.41, 5.74) is 6.30. The van der Waals surface area contributed by atoms with Crippen LogP contribution in [0.4, 0.5) is 0 Å². The number of nitrogens with zero attached hydrogens (tertiary/aromatic N) is 2. The smallest absolute Gasteiger partial charge is 0.138 e. The van der Waals surface area contributed by atoms with Gasteiger partial charge in [0.1, 0.15) is 6.23 Å². The van der Waals surface area contributed by atoms with Crippen LogP contribution in [0.3, 0.4) is 0 Å². The molecule has 0 unspecified atom stereocenters. The van der Waals surface area contributed by atoms with Crippen molar-refractivity contribution in [2.24, 2.45) is 0 Å². The number of hydrogen-bond acceptors (Lipinski definition) is 2. The zero-order valence-corrected chi connectivity index (χ0v) is 14.9. The zero-order chi connectivity index (χ0) is 17.2. The minimum absolute atomic E-state index is 0.0346. The fourth-order valence-corrected chi connectivity index (χ4v) is 3.41. The Morgan fingerprint density at radius 1 is 1.00 bits per heavy atom. The third-order valence-electron chi connectivity index (χ3n) is 4.79. The predicted molar refractivity (Wildman–Crippen MR) is 101 cm³/mol. The standard InChI is InChI=1S/C22H24N2O/c1-17-6-8-19(9-7-17)15-24-12-13-25-22(24)20-10-11-23(16-20)21-5-3-4-18(2)14-21/h3-11,14,16,22H,12-13,15H2,1-2H3/t22-/m0/s1. The van der Waals surface area contributed by atoms with Gasteiger partial charge in [0.25, 0.3) is 0 Å². The molecule has 128 valence electrons. The van der Waals surface area contributed by atoms with Gasteiger partial charge in [-0.3, -0.25) is 4.90 Å². The lowest BCUT2D eigenvalue weighted by Gasteiger charge is -2.22. The Morgan fingerprint density at radius 3 is 2.64 bits per heavy atom. The first-order chi connectivity index (χ1) is 12.2. The van der Waals surface area contributed by atoms with Gasteiger partial charge in [0.15, 0.2) is 0 Å². The van der Waals surface area contributed by atoms with Gasteiger partial charge >= 0.3 is 0 Å². The van der Waals surface area contributed by atoms with E-state index in [-0.39, 0.29) is 6.23 Å². The quantitative estimate of drug-likeness (QED) is 0.693. The van der Waals surface area contributed by atoms with E-state index >= 15 is 0 Å². The third-order valence-corrected chi connectivity index (χ3v) is 4.79. The lowest BCUT2D eigenvalue weighted by Crippen LogP contribution is -2.23. The average Bonchev–Trinajstić information content (AvgIpc) is 3.26. The van der Waals surface area contributed by atoms with Gasteiger partial charge in [0.05, 0.1) is 6.61 Å². The summed E-state index contributed by atoms with van der Waals surface area (Å²) in [5, 5.41) is 0. The molecule has 3 heteroatoms. The molecule has 2 heterocycles. The molecule has 1 aromatic heterocycles. The van der Waals surface area contributed by atoms with Crippen molar-refractivity contribution in [1.29, 1.82) is 0 Å². The molecule has 2 aromatic carbocycles. The number of rotatable bonds is 4. The molecule has 1 aliphatic rings. The lowest BCUT2D eigenvalue weighted by molar-refractivity contribution is 0.0288. The molecule has 1 atom stereocenters. The lowest BCUT2D eigenvalue weighted by atomic mass is 10.1. The molecule has 0 N–H and O–H groups in total. The maximum atomic E-state index is 6.03. The van der Waals surface area contributed by atoms with Gasteiger partial charge in [-0.25, -0.2) is 0 Å². The number of benzene rings is 2. The SMILES string of the molecule is Cc1ccc(CN2CCO[C@H]2c2ccn(-c3cccc(C)c3)c2)cc1. The van der Waals surface area contributed by atoms with E-state index in [1.807, 2.05) is 0 Å². The second kappa shape index (κ2) is 6.87. The first-order valence-electron chi connectivity index (χ1n) is 8.85. The van der Waals surface area contributed by atoms with E-state index in [2.05, 4.69) is 90.3 Å². The molecule has 4 rings (SSSR count). The highest BCUT2D eigenvalue weighted by molar-refractivity contribution is 5.37. The summed E-state index contributed by atoms with van der Waals surface area (Å²) in [6, 6.07) is 19.5. The Hall–Kier alpha value is -2.36. The normalized spacial score (nSPS) is 17.9. The molecule has 0 bridgehead atoms. The van der Waals surface area contributed by atoms with Crippen molar-refractivity contribution in [1.82, 2.24) is 9.47 Å². The Labute approximate surface area is 149 Å². The maximum Gasteiger partial charge on any atom is 0.138 e. The van der Waals surface area contributed by atoms with E-state index in [0.29, 0.717) is 0 Å². The first kappa shape index (κ1) is 16.1. The van der Waals surface area contributed by atoms with Crippen LogP contribution in [0.1, 0.15) is 28.5 Å². The molecule has 1 saturated heterocycles. The van der Waals surface area contributed by atoms with E-state index in [4.69, 9.17) is 4.74 Å². The van der Waals surface area contributed by atoms with Gasteiger partial charge in [0.2, 0.25) is 0 Å². The molecule has 0 aliphatic carbocycles. The van der Waals surface area contributed by atoms with Crippen molar-refractivity contribution >= 4 is 0 Å². The molecule has 0 spiro atoms. The molecule has 3 aromatic rings. The molecule has 25 heavy (non-hydrogen) atoms. The summed E-state index contributed by atoms with van der Waals surface area (Å²) in [4.78, 5) is 2.40. The van der Waals surface area contributed by atoms with E-state index in [1.54, 1.807) is 0 Å². The Morgan fingerprint density at radius 2 is 1.84 bits per heavy atom. The van der Waals surface area contributed by atoms with Crippen LogP contribution in [-0.2, 0) is 11.3 Å². The molecular formula is C22H24N2O. The highest BCUT2D eigenvalue weighted by Gasteiger charge is 2.27. The Kier molecular flexibility index (Phi) is 4.43. The zero-order valence-electron chi connectivity index (χ0n) is 14.9. The van der Waals surface area contributed by atoms with E-state index in [0.717, 1.165) is 19.7 Å². The number of aryl methyl sites for hydroxylation is 2. The number of hydrogen-bond donors (Lipinski definition) is 0. The average molecular weight is 332 g/mol. The van der Waals surface area contributed by atoms with E-state index in [9.17, 15) is 0 Å². The summed E-state index contributed by atoms with van der Waals surface area (Å²) in [5.74, 6) is 0.